The summed E-state index contributed by atoms with van der Waals surface area (Å²) in [7, 11) is 10.0. The second-order valence-corrected chi connectivity index (χ2v) is 26.3. The minimum Gasteiger partial charge on any atom is -0.392 e. The van der Waals surface area contributed by atoms with E-state index in [1.807, 2.05) is 116 Å². The van der Waals surface area contributed by atoms with Crippen molar-refractivity contribution in [2.75, 3.05) is 133 Å². The van der Waals surface area contributed by atoms with Gasteiger partial charge in [-0.3, -0.25) is 9.80 Å². The van der Waals surface area contributed by atoms with Gasteiger partial charge in [0, 0.05) is 211 Å². The van der Waals surface area contributed by atoms with Crippen molar-refractivity contribution >= 4 is 0 Å². The summed E-state index contributed by atoms with van der Waals surface area (Å²) in [6.45, 7) is 71.9. The molecule has 8 unspecified atom stereocenters. The Morgan fingerprint density at radius 1 is 0.239 bits per heavy atom. The third-order valence-electron chi connectivity index (χ3n) is 15.4. The van der Waals surface area contributed by atoms with Gasteiger partial charge >= 0.3 is 0 Å². The molecular formula is C68H160Co8N8O8. The van der Waals surface area contributed by atoms with Crippen molar-refractivity contribution < 1.29 is 175 Å². The number of hydrogen-bond donors (Lipinski definition) is 8. The zero-order valence-electron chi connectivity index (χ0n) is 65.4. The summed E-state index contributed by atoms with van der Waals surface area (Å²) in [5.41, 5.74) is 0. The van der Waals surface area contributed by atoms with Gasteiger partial charge in [-0.15, -0.1) is 0 Å². The van der Waals surface area contributed by atoms with Gasteiger partial charge in [0.25, 0.3) is 0 Å². The summed E-state index contributed by atoms with van der Waals surface area (Å²) in [5.74, 6) is 1.82. The van der Waals surface area contributed by atoms with Crippen molar-refractivity contribution in [3.8, 4) is 0 Å². The second kappa shape index (κ2) is 88.6. The first kappa shape index (κ1) is 135. The van der Waals surface area contributed by atoms with Crippen molar-refractivity contribution in [1.82, 2.24) is 39.2 Å². The van der Waals surface area contributed by atoms with Gasteiger partial charge < -0.3 is 70.3 Å². The van der Waals surface area contributed by atoms with Crippen LogP contribution >= 0.6 is 0 Å². The first-order chi connectivity index (χ1) is 38.6. The Hall–Kier alpha value is 3.41. The molecule has 0 rings (SSSR count). The minimum atomic E-state index is -0.192. The van der Waals surface area contributed by atoms with Gasteiger partial charge in [0.1, 0.15) is 0 Å². The van der Waals surface area contributed by atoms with Crippen LogP contribution in [-0.2, 0) is 134 Å². The molecule has 0 aromatic heterocycles. The predicted molar refractivity (Wildman–Crippen MR) is 371 cm³/mol. The molecule has 0 bridgehead atoms. The first-order valence-corrected chi connectivity index (χ1v) is 33.7. The maximum absolute atomic E-state index is 9.64. The van der Waals surface area contributed by atoms with E-state index in [1.54, 1.807) is 0 Å². The maximum Gasteiger partial charge on any atom is 0.0690 e. The van der Waals surface area contributed by atoms with Crippen LogP contribution in [-0.4, -0.2) is 286 Å². The Bertz CT molecular complexity index is 1240. The van der Waals surface area contributed by atoms with E-state index in [4.69, 9.17) is 0 Å². The number of likely N-dealkylation sites (N-methyl/N-ethyl adjacent to an activating group) is 8. The molecule has 0 aromatic carbocycles. The largest absolute Gasteiger partial charge is 0.392 e. The summed E-state index contributed by atoms with van der Waals surface area (Å²) in [5, 5.41) is 75.1. The SMILES string of the molecule is CC(C)C(O)CN(C)C.CC(C)C(O)CN(C)C(C)C.CCC(O)CN(C)C(C)C.CCC(O)CN(CC)C(C)C.CCC(O)CN(CC)CC.CCN(C)CC(O)C(C)C.CCN(CC(O)C(C)C)C(C)C.CCN(CC)CC(O)C(C)C.[Co].[Co].[Co].[Co].[Co].[Co].[Co].[Co]. The topological polar surface area (TPSA) is 188 Å². The Kier molecular flexibility index (Phi) is 130. The zero-order chi connectivity index (χ0) is 68.2. The first-order valence-electron chi connectivity index (χ1n) is 33.7. The Balaban J connectivity index is -0.0000000507. The van der Waals surface area contributed by atoms with Crippen LogP contribution in [0.15, 0.2) is 0 Å². The summed E-state index contributed by atoms with van der Waals surface area (Å²) >= 11 is 0. The molecule has 16 nitrogen and oxygen atoms in total. The summed E-state index contributed by atoms with van der Waals surface area (Å²) in [6.07, 6.45) is 1.19. The van der Waals surface area contributed by atoms with E-state index >= 15 is 0 Å². The molecule has 0 saturated heterocycles. The van der Waals surface area contributed by atoms with Crippen molar-refractivity contribution in [2.24, 2.45) is 29.6 Å². The summed E-state index contributed by atoms with van der Waals surface area (Å²) in [6, 6.07) is 2.12. The monoisotopic (exact) mass is 1690 g/mol. The molecule has 8 N–H and O–H groups in total. The molecule has 0 aliphatic carbocycles. The number of nitrogens with zero attached hydrogens (tertiary/aromatic N) is 8. The van der Waals surface area contributed by atoms with E-state index in [-0.39, 0.29) is 183 Å². The van der Waals surface area contributed by atoms with Crippen molar-refractivity contribution in [1.29, 1.82) is 0 Å². The van der Waals surface area contributed by atoms with Crippen LogP contribution in [0, 0.1) is 29.6 Å². The number of aliphatic hydroxyl groups is 8. The molecule has 0 aliphatic heterocycles. The van der Waals surface area contributed by atoms with Gasteiger partial charge in [0.05, 0.1) is 48.8 Å². The molecule has 8 radical (unpaired) electrons. The van der Waals surface area contributed by atoms with E-state index < -0.39 is 0 Å². The fourth-order valence-corrected chi connectivity index (χ4v) is 6.76. The molecule has 92 heavy (non-hydrogen) atoms. The third-order valence-corrected chi connectivity index (χ3v) is 15.4. The van der Waals surface area contributed by atoms with E-state index in [9.17, 15) is 40.9 Å². The van der Waals surface area contributed by atoms with Crippen LogP contribution in [0.5, 0.6) is 0 Å². The van der Waals surface area contributed by atoms with Gasteiger partial charge in [-0.05, 0) is 185 Å². The number of aliphatic hydroxyl groups excluding tert-OH is 8. The van der Waals surface area contributed by atoms with E-state index in [1.165, 1.54) is 0 Å². The summed E-state index contributed by atoms with van der Waals surface area (Å²) < 4.78 is 0. The molecule has 0 spiro atoms. The molecule has 0 heterocycles. The maximum atomic E-state index is 9.64. The van der Waals surface area contributed by atoms with E-state index in [0.29, 0.717) is 53.8 Å². The Morgan fingerprint density at radius 3 is 0.717 bits per heavy atom. The van der Waals surface area contributed by atoms with Crippen molar-refractivity contribution in [3.05, 3.63) is 0 Å². The van der Waals surface area contributed by atoms with Crippen molar-refractivity contribution in [2.45, 2.75) is 286 Å². The van der Waals surface area contributed by atoms with Gasteiger partial charge in [0.15, 0.2) is 0 Å². The average Bonchev–Trinajstić information content (AvgIpc) is 3.42. The van der Waals surface area contributed by atoms with Crippen LogP contribution in [0.3, 0.4) is 0 Å². The van der Waals surface area contributed by atoms with Gasteiger partial charge in [-0.2, -0.15) is 0 Å². The Labute approximate surface area is 657 Å². The number of hydrogen-bond acceptors (Lipinski definition) is 16. The van der Waals surface area contributed by atoms with Gasteiger partial charge in [0.2, 0.25) is 0 Å². The molecule has 0 amide bonds. The van der Waals surface area contributed by atoms with Crippen LogP contribution < -0.4 is 0 Å². The standard InChI is InChI=1S/C10H23NO.3C9H21NO.3C8H19NO.C7H17NO.8Co/c1-6-11(9(4)5)7-10(12)8(2)3;1-7(2)9(11)6-10(5)8(3)4;1-5-10(6-2)7-9(11)8(3)4;1-5-9(11)7-10(6-2)8(3)4;1-5-9(4)6-8(10)7(2)3;1-5-8(10)6-9(4)7(2)3;1-4-8(10)7-9(5-2)6-3;1-6(2)7(9)5-8(3)4;;;;;;;;/h8-10,12H,6-7H2,1-5H3;7-9,11H,6H2,1-5H3;2*8-9,11H,5-7H2,1-4H3;2*7-8,10H,5-6H2,1-4H3;8,10H,4-7H2,1-3H3;6-7,9H,5H2,1-4H3;;;;;;;;. The quantitative estimate of drug-likeness (QED) is 0.0299. The fourth-order valence-electron chi connectivity index (χ4n) is 6.76. The molecular weight excluding hydrogens is 1530 g/mol. The van der Waals surface area contributed by atoms with Crippen molar-refractivity contribution in [3.63, 3.8) is 0 Å². The molecule has 0 saturated carbocycles. The zero-order valence-corrected chi connectivity index (χ0v) is 73.7. The predicted octanol–water partition coefficient (Wildman–Crippen LogP) is 9.61. The van der Waals surface area contributed by atoms with Crippen LogP contribution in [0.1, 0.15) is 213 Å². The third kappa shape index (κ3) is 95.5. The average molecular weight is 1690 g/mol. The smallest absolute Gasteiger partial charge is 0.0690 e. The molecule has 0 aromatic rings. The van der Waals surface area contributed by atoms with Crippen LogP contribution in [0.4, 0.5) is 0 Å². The molecule has 24 heteroatoms. The van der Waals surface area contributed by atoms with E-state index in [2.05, 4.69) is 152 Å². The summed E-state index contributed by atoms with van der Waals surface area (Å²) in [4.78, 5) is 17.4. The molecule has 592 valence electrons. The molecule has 0 fully saturated rings. The normalized spacial score (nSPS) is 13.4. The van der Waals surface area contributed by atoms with Crippen LogP contribution in [0.2, 0.25) is 0 Å². The second-order valence-electron chi connectivity index (χ2n) is 26.3. The molecule has 0 aliphatic rings. The van der Waals surface area contributed by atoms with Gasteiger partial charge in [-0.25, -0.2) is 0 Å². The number of rotatable bonds is 35. The van der Waals surface area contributed by atoms with Crippen LogP contribution in [0.25, 0.3) is 0 Å². The Morgan fingerprint density at radius 2 is 0.478 bits per heavy atom. The minimum absolute atomic E-state index is 0. The molecule has 8 atom stereocenters. The van der Waals surface area contributed by atoms with Gasteiger partial charge in [-0.1, -0.05) is 138 Å². The fraction of sp³-hybridized carbons (Fsp3) is 1.00. The van der Waals surface area contributed by atoms with E-state index in [0.717, 1.165) is 117 Å².